The number of carbonyl (C=O) groups is 1. The van der Waals surface area contributed by atoms with Crippen LogP contribution in [-0.4, -0.2) is 43.0 Å². The fourth-order valence-corrected chi connectivity index (χ4v) is 1.49. The van der Waals surface area contributed by atoms with Gasteiger partial charge in [-0.1, -0.05) is 18.2 Å². The number of carbonyl (C=O) groups excluding carboxylic acids is 1. The maximum atomic E-state index is 11.5. The molecule has 5 heteroatoms. The zero-order valence-corrected chi connectivity index (χ0v) is 10.8. The van der Waals surface area contributed by atoms with Gasteiger partial charge in [0.1, 0.15) is 12.4 Å². The van der Waals surface area contributed by atoms with E-state index < -0.39 is 6.09 Å². The fourth-order valence-electron chi connectivity index (χ4n) is 1.49. The molecule has 0 saturated heterocycles. The molecule has 18 heavy (non-hydrogen) atoms. The third-order valence-corrected chi connectivity index (χ3v) is 2.31. The van der Waals surface area contributed by atoms with Gasteiger partial charge in [0, 0.05) is 12.6 Å². The third-order valence-electron chi connectivity index (χ3n) is 2.31. The van der Waals surface area contributed by atoms with E-state index in [9.17, 15) is 4.79 Å². The van der Waals surface area contributed by atoms with Gasteiger partial charge in [-0.3, -0.25) is 0 Å². The number of aliphatic hydroxyl groups is 1. The van der Waals surface area contributed by atoms with Crippen LogP contribution < -0.4 is 4.74 Å². The summed E-state index contributed by atoms with van der Waals surface area (Å²) in [5.41, 5.74) is 0.919. The highest BCUT2D eigenvalue weighted by Crippen LogP contribution is 2.19. The summed E-state index contributed by atoms with van der Waals surface area (Å²) in [4.78, 5) is 13.0. The molecule has 0 unspecified atom stereocenters. The molecule has 0 heterocycles. The Morgan fingerprint density at radius 3 is 2.78 bits per heavy atom. The molecular weight excluding hydrogens is 234 g/mol. The van der Waals surface area contributed by atoms with Crippen LogP contribution in [0.25, 0.3) is 0 Å². The van der Waals surface area contributed by atoms with Crippen molar-refractivity contribution in [3.63, 3.8) is 0 Å². The van der Waals surface area contributed by atoms with E-state index >= 15 is 0 Å². The highest BCUT2D eigenvalue weighted by atomic mass is 16.6. The monoisotopic (exact) mass is 253 g/mol. The van der Waals surface area contributed by atoms with Crippen LogP contribution in [0.2, 0.25) is 0 Å². The summed E-state index contributed by atoms with van der Waals surface area (Å²) < 4.78 is 10.3. The first kappa shape index (κ1) is 14.3. The highest BCUT2D eigenvalue weighted by molar-refractivity contribution is 5.67. The van der Waals surface area contributed by atoms with Crippen LogP contribution >= 0.6 is 0 Å². The van der Waals surface area contributed by atoms with E-state index in [1.165, 1.54) is 4.90 Å². The van der Waals surface area contributed by atoms with Gasteiger partial charge in [-0.2, -0.15) is 0 Å². The number of nitrogens with zero attached hydrogens (tertiary/aromatic N) is 1. The third kappa shape index (κ3) is 4.25. The molecule has 0 bridgehead atoms. The summed E-state index contributed by atoms with van der Waals surface area (Å²) in [6.07, 6.45) is -0.463. The zero-order valence-electron chi connectivity index (χ0n) is 10.8. The topological polar surface area (TPSA) is 59.0 Å². The standard InChI is InChI=1S/C13H19NO4/c1-3-17-12-7-5-4-6-11(12)10-14(2)13(16)18-9-8-15/h4-7,15H,3,8-10H2,1-2H3. The van der Waals surface area contributed by atoms with Crippen LogP contribution in [0.1, 0.15) is 12.5 Å². The molecule has 5 nitrogen and oxygen atoms in total. The van der Waals surface area contributed by atoms with E-state index in [1.807, 2.05) is 31.2 Å². The number of amides is 1. The minimum Gasteiger partial charge on any atom is -0.494 e. The lowest BCUT2D eigenvalue weighted by molar-refractivity contribution is 0.0891. The predicted molar refractivity (Wildman–Crippen MR) is 67.5 cm³/mol. The Kier molecular flexibility index (Phi) is 6.00. The van der Waals surface area contributed by atoms with Gasteiger partial charge < -0.3 is 19.5 Å². The van der Waals surface area contributed by atoms with Crippen molar-refractivity contribution in [2.45, 2.75) is 13.5 Å². The summed E-state index contributed by atoms with van der Waals surface area (Å²) in [5.74, 6) is 0.766. The SMILES string of the molecule is CCOc1ccccc1CN(C)C(=O)OCCO. The molecule has 0 spiro atoms. The molecule has 100 valence electrons. The van der Waals surface area contributed by atoms with Crippen LogP contribution in [0, 0.1) is 0 Å². The van der Waals surface area contributed by atoms with Gasteiger partial charge in [0.2, 0.25) is 0 Å². The van der Waals surface area contributed by atoms with E-state index in [2.05, 4.69) is 0 Å². The van der Waals surface area contributed by atoms with Gasteiger partial charge in [0.25, 0.3) is 0 Å². The molecular formula is C13H19NO4. The fraction of sp³-hybridized carbons (Fsp3) is 0.462. The number of hydrogen-bond acceptors (Lipinski definition) is 4. The van der Waals surface area contributed by atoms with Crippen molar-refractivity contribution in [3.05, 3.63) is 29.8 Å². The first-order valence-corrected chi connectivity index (χ1v) is 5.88. The molecule has 0 aliphatic heterocycles. The Balaban J connectivity index is 2.63. The molecule has 0 fully saturated rings. The van der Waals surface area contributed by atoms with Gasteiger partial charge in [-0.25, -0.2) is 4.79 Å². The lowest BCUT2D eigenvalue weighted by atomic mass is 10.2. The molecule has 0 atom stereocenters. The smallest absolute Gasteiger partial charge is 0.409 e. The highest BCUT2D eigenvalue weighted by Gasteiger charge is 2.12. The van der Waals surface area contributed by atoms with Crippen LogP contribution in [-0.2, 0) is 11.3 Å². The molecule has 1 aromatic carbocycles. The normalized spacial score (nSPS) is 9.94. The van der Waals surface area contributed by atoms with Gasteiger partial charge >= 0.3 is 6.09 Å². The van der Waals surface area contributed by atoms with Crippen molar-refractivity contribution in [2.75, 3.05) is 26.9 Å². The maximum absolute atomic E-state index is 11.5. The Labute approximate surface area is 107 Å². The van der Waals surface area contributed by atoms with Gasteiger partial charge in [-0.05, 0) is 13.0 Å². The van der Waals surface area contributed by atoms with Crippen LogP contribution in [0.3, 0.4) is 0 Å². The average Bonchev–Trinajstić information content (AvgIpc) is 2.38. The summed E-state index contributed by atoms with van der Waals surface area (Å²) in [7, 11) is 1.64. The van der Waals surface area contributed by atoms with Gasteiger partial charge in [0.05, 0.1) is 19.8 Å². The largest absolute Gasteiger partial charge is 0.494 e. The van der Waals surface area contributed by atoms with Crippen LogP contribution in [0.5, 0.6) is 5.75 Å². The van der Waals surface area contributed by atoms with Crippen molar-refractivity contribution in [1.29, 1.82) is 0 Å². The van der Waals surface area contributed by atoms with Gasteiger partial charge in [-0.15, -0.1) is 0 Å². The summed E-state index contributed by atoms with van der Waals surface area (Å²) >= 11 is 0. The second-order valence-corrected chi connectivity index (χ2v) is 3.73. The zero-order chi connectivity index (χ0) is 13.4. The van der Waals surface area contributed by atoms with Crippen molar-refractivity contribution < 1.29 is 19.4 Å². The first-order valence-electron chi connectivity index (χ1n) is 5.88. The quantitative estimate of drug-likeness (QED) is 0.837. The number of hydrogen-bond donors (Lipinski definition) is 1. The molecule has 1 rings (SSSR count). The number of benzene rings is 1. The van der Waals surface area contributed by atoms with Crippen molar-refractivity contribution >= 4 is 6.09 Å². The Hall–Kier alpha value is -1.75. The molecule has 1 amide bonds. The summed E-state index contributed by atoms with van der Waals surface area (Å²) in [6.45, 7) is 2.73. The first-order chi connectivity index (χ1) is 8.69. The Morgan fingerprint density at radius 2 is 2.11 bits per heavy atom. The number of para-hydroxylation sites is 1. The minimum absolute atomic E-state index is 0.0102. The average molecular weight is 253 g/mol. The van der Waals surface area contributed by atoms with E-state index in [-0.39, 0.29) is 13.2 Å². The summed E-state index contributed by atoms with van der Waals surface area (Å²) in [5, 5.41) is 8.59. The maximum Gasteiger partial charge on any atom is 0.409 e. The molecule has 0 saturated carbocycles. The Morgan fingerprint density at radius 1 is 1.39 bits per heavy atom. The van der Waals surface area contributed by atoms with Crippen LogP contribution in [0.4, 0.5) is 4.79 Å². The number of aliphatic hydroxyl groups excluding tert-OH is 1. The molecule has 0 aliphatic carbocycles. The van der Waals surface area contributed by atoms with E-state index in [0.29, 0.717) is 13.2 Å². The van der Waals surface area contributed by atoms with Gasteiger partial charge in [0.15, 0.2) is 0 Å². The Bertz CT molecular complexity index is 381. The second kappa shape index (κ2) is 7.55. The lowest BCUT2D eigenvalue weighted by Gasteiger charge is -2.18. The molecule has 1 N–H and O–H groups in total. The molecule has 0 radical (unpaired) electrons. The number of rotatable bonds is 6. The minimum atomic E-state index is -0.463. The molecule has 1 aromatic rings. The molecule has 0 aromatic heterocycles. The number of ether oxygens (including phenoxy) is 2. The predicted octanol–water partition coefficient (Wildman–Crippen LogP) is 1.65. The molecule has 0 aliphatic rings. The van der Waals surface area contributed by atoms with Crippen molar-refractivity contribution in [2.24, 2.45) is 0 Å². The van der Waals surface area contributed by atoms with Crippen molar-refractivity contribution in [3.8, 4) is 5.75 Å². The second-order valence-electron chi connectivity index (χ2n) is 3.73. The van der Waals surface area contributed by atoms with Crippen molar-refractivity contribution in [1.82, 2.24) is 4.90 Å². The van der Waals surface area contributed by atoms with E-state index in [1.54, 1.807) is 7.05 Å². The van der Waals surface area contributed by atoms with Crippen LogP contribution in [0.15, 0.2) is 24.3 Å². The van der Waals surface area contributed by atoms with E-state index in [4.69, 9.17) is 14.6 Å². The lowest BCUT2D eigenvalue weighted by Crippen LogP contribution is -2.28. The van der Waals surface area contributed by atoms with E-state index in [0.717, 1.165) is 11.3 Å². The summed E-state index contributed by atoms with van der Waals surface area (Å²) in [6, 6.07) is 7.55.